The van der Waals surface area contributed by atoms with Gasteiger partial charge in [0.25, 0.3) is 0 Å². The minimum atomic E-state index is -0.721. The van der Waals surface area contributed by atoms with Crippen molar-refractivity contribution in [1.29, 1.82) is 0 Å². The van der Waals surface area contributed by atoms with Gasteiger partial charge < -0.3 is 20.4 Å². The molecule has 2 heterocycles. The van der Waals surface area contributed by atoms with Crippen LogP contribution < -0.4 is 11.1 Å². The lowest BCUT2D eigenvalue weighted by molar-refractivity contribution is 0.151. The number of nitrogens with two attached hydrogens (primary N) is 1. The number of primary amides is 1. The first kappa shape index (κ1) is 13.9. The molecule has 0 unspecified atom stereocenters. The lowest BCUT2D eigenvalue weighted by Crippen LogP contribution is -2.26. The number of imidazole rings is 1. The predicted molar refractivity (Wildman–Crippen MR) is 71.7 cm³/mol. The van der Waals surface area contributed by atoms with Gasteiger partial charge in [-0.1, -0.05) is 13.8 Å². The van der Waals surface area contributed by atoms with Crippen LogP contribution in [0.3, 0.4) is 0 Å². The Hall–Kier alpha value is -1.56. The summed E-state index contributed by atoms with van der Waals surface area (Å²) in [5.74, 6) is 1.63. The fourth-order valence-corrected chi connectivity index (χ4v) is 2.45. The Kier molecular flexibility index (Phi) is 4.42. The van der Waals surface area contributed by atoms with Gasteiger partial charge in [-0.2, -0.15) is 0 Å². The average molecular weight is 266 g/mol. The van der Waals surface area contributed by atoms with Crippen molar-refractivity contribution in [3.05, 3.63) is 17.2 Å². The van der Waals surface area contributed by atoms with Gasteiger partial charge in [-0.05, 0) is 5.92 Å². The monoisotopic (exact) mass is 266 g/mol. The van der Waals surface area contributed by atoms with Crippen LogP contribution in [0.1, 0.15) is 31.1 Å². The molecule has 1 aliphatic rings. The average Bonchev–Trinajstić information content (AvgIpc) is 2.66. The summed E-state index contributed by atoms with van der Waals surface area (Å²) in [4.78, 5) is 15.4. The van der Waals surface area contributed by atoms with Crippen LogP contribution in [0.25, 0.3) is 0 Å². The van der Waals surface area contributed by atoms with E-state index in [0.29, 0.717) is 19.1 Å². The number of ether oxygens (including phenoxy) is 1. The lowest BCUT2D eigenvalue weighted by atomic mass is 10.1. The first-order chi connectivity index (χ1) is 9.08. The minimum absolute atomic E-state index is 0.302. The zero-order chi connectivity index (χ0) is 13.8. The van der Waals surface area contributed by atoms with Gasteiger partial charge in [0.1, 0.15) is 12.4 Å². The summed E-state index contributed by atoms with van der Waals surface area (Å²) in [6, 6.07) is 0. The molecule has 0 saturated heterocycles. The Morgan fingerprint density at radius 2 is 2.37 bits per heavy atom. The van der Waals surface area contributed by atoms with E-state index in [2.05, 4.69) is 23.7 Å². The summed E-state index contributed by atoms with van der Waals surface area (Å²) >= 11 is 0. The highest BCUT2D eigenvalue weighted by Gasteiger charge is 2.20. The molecule has 0 aromatic carbocycles. The molecule has 0 saturated carbocycles. The van der Waals surface area contributed by atoms with Crippen molar-refractivity contribution in [2.75, 3.05) is 13.2 Å². The maximum Gasteiger partial charge on any atom is 0.404 e. The molecule has 0 bridgehead atoms. The molecule has 2 rings (SSSR count). The summed E-state index contributed by atoms with van der Waals surface area (Å²) in [7, 11) is 0. The topological polar surface area (TPSA) is 82.2 Å². The third-order valence-corrected chi connectivity index (χ3v) is 3.22. The number of hydrogen-bond acceptors (Lipinski definition) is 4. The molecule has 19 heavy (non-hydrogen) atoms. The van der Waals surface area contributed by atoms with Crippen LogP contribution in [0.4, 0.5) is 4.79 Å². The van der Waals surface area contributed by atoms with Crippen molar-refractivity contribution in [2.45, 2.75) is 39.8 Å². The number of nitrogens with zero attached hydrogens (tertiary/aromatic N) is 2. The molecule has 0 radical (unpaired) electrons. The second kappa shape index (κ2) is 6.06. The van der Waals surface area contributed by atoms with Gasteiger partial charge >= 0.3 is 6.09 Å². The second-order valence-electron chi connectivity index (χ2n) is 5.27. The minimum Gasteiger partial charge on any atom is -0.448 e. The van der Waals surface area contributed by atoms with Gasteiger partial charge in [0, 0.05) is 31.6 Å². The summed E-state index contributed by atoms with van der Waals surface area (Å²) < 4.78 is 7.03. The molecular formula is C13H22N4O2. The SMILES string of the molecule is CC(C)Cc1nc2c(n1CCOC(N)=O)CCNC2. The van der Waals surface area contributed by atoms with E-state index in [1.807, 2.05) is 0 Å². The molecule has 106 valence electrons. The van der Waals surface area contributed by atoms with Crippen molar-refractivity contribution in [1.82, 2.24) is 14.9 Å². The van der Waals surface area contributed by atoms with Crippen LogP contribution in [0, 0.1) is 5.92 Å². The van der Waals surface area contributed by atoms with E-state index in [1.54, 1.807) is 0 Å². The highest BCUT2D eigenvalue weighted by atomic mass is 16.5. The van der Waals surface area contributed by atoms with Crippen LogP contribution in [0.5, 0.6) is 0 Å². The quantitative estimate of drug-likeness (QED) is 0.826. The molecule has 1 amide bonds. The molecule has 0 aliphatic carbocycles. The van der Waals surface area contributed by atoms with Crippen molar-refractivity contribution in [3.8, 4) is 0 Å². The first-order valence-corrected chi connectivity index (χ1v) is 6.78. The third kappa shape index (κ3) is 3.47. The molecule has 6 heteroatoms. The Bertz CT molecular complexity index is 454. The van der Waals surface area contributed by atoms with Gasteiger partial charge in [0.15, 0.2) is 0 Å². The number of carbonyl (C=O) groups excluding carboxylic acids is 1. The van der Waals surface area contributed by atoms with Crippen molar-refractivity contribution in [2.24, 2.45) is 11.7 Å². The number of rotatable bonds is 5. The molecule has 1 aliphatic heterocycles. The highest BCUT2D eigenvalue weighted by molar-refractivity contribution is 5.64. The van der Waals surface area contributed by atoms with Gasteiger partial charge in [0.05, 0.1) is 12.2 Å². The maximum absolute atomic E-state index is 10.6. The molecule has 0 spiro atoms. The molecule has 0 atom stereocenters. The van der Waals surface area contributed by atoms with Crippen LogP contribution >= 0.6 is 0 Å². The van der Waals surface area contributed by atoms with E-state index in [-0.39, 0.29) is 0 Å². The second-order valence-corrected chi connectivity index (χ2v) is 5.27. The standard InChI is InChI=1S/C13H22N4O2/c1-9(2)7-12-16-10-8-15-4-3-11(10)17(12)5-6-19-13(14)18/h9,15H,3-8H2,1-2H3,(H2,14,18). The molecule has 1 aromatic rings. The number of carbonyl (C=O) groups is 1. The summed E-state index contributed by atoms with van der Waals surface area (Å²) in [6.07, 6.45) is 1.18. The summed E-state index contributed by atoms with van der Waals surface area (Å²) in [5, 5.41) is 3.33. The van der Waals surface area contributed by atoms with E-state index >= 15 is 0 Å². The third-order valence-electron chi connectivity index (χ3n) is 3.22. The van der Waals surface area contributed by atoms with Crippen molar-refractivity contribution in [3.63, 3.8) is 0 Å². The van der Waals surface area contributed by atoms with Crippen LogP contribution in [-0.2, 0) is 30.7 Å². The van der Waals surface area contributed by atoms with Crippen LogP contribution in [-0.4, -0.2) is 28.8 Å². The summed E-state index contributed by atoms with van der Waals surface area (Å²) in [5.41, 5.74) is 7.38. The molecule has 6 nitrogen and oxygen atoms in total. The fourth-order valence-electron chi connectivity index (χ4n) is 2.45. The Balaban J connectivity index is 2.16. The van der Waals surface area contributed by atoms with Gasteiger partial charge in [-0.3, -0.25) is 0 Å². The number of fused-ring (bicyclic) bond motifs is 1. The smallest absolute Gasteiger partial charge is 0.404 e. The van der Waals surface area contributed by atoms with E-state index in [1.165, 1.54) is 5.69 Å². The Labute approximate surface area is 113 Å². The van der Waals surface area contributed by atoms with Crippen LogP contribution in [0.15, 0.2) is 0 Å². The fraction of sp³-hybridized carbons (Fsp3) is 0.692. The number of hydrogen-bond donors (Lipinski definition) is 2. The normalized spacial score (nSPS) is 14.5. The molecular weight excluding hydrogens is 244 g/mol. The number of nitrogens with one attached hydrogen (secondary N) is 1. The van der Waals surface area contributed by atoms with Crippen molar-refractivity contribution >= 4 is 6.09 Å². The highest BCUT2D eigenvalue weighted by Crippen LogP contribution is 2.18. The zero-order valence-corrected chi connectivity index (χ0v) is 11.6. The first-order valence-electron chi connectivity index (χ1n) is 6.78. The largest absolute Gasteiger partial charge is 0.448 e. The Morgan fingerprint density at radius 3 is 3.05 bits per heavy atom. The zero-order valence-electron chi connectivity index (χ0n) is 11.6. The van der Waals surface area contributed by atoms with Gasteiger partial charge in [-0.25, -0.2) is 9.78 Å². The van der Waals surface area contributed by atoms with Crippen LogP contribution in [0.2, 0.25) is 0 Å². The van der Waals surface area contributed by atoms with E-state index in [9.17, 15) is 4.79 Å². The van der Waals surface area contributed by atoms with Gasteiger partial charge in [0.2, 0.25) is 0 Å². The van der Waals surface area contributed by atoms with E-state index < -0.39 is 6.09 Å². The molecule has 3 N–H and O–H groups in total. The summed E-state index contributed by atoms with van der Waals surface area (Å²) in [6.45, 7) is 7.08. The van der Waals surface area contributed by atoms with Crippen molar-refractivity contribution < 1.29 is 9.53 Å². The number of amides is 1. The van der Waals surface area contributed by atoms with Gasteiger partial charge in [-0.15, -0.1) is 0 Å². The predicted octanol–water partition coefficient (Wildman–Crippen LogP) is 0.823. The molecule has 0 fully saturated rings. The number of aromatic nitrogens is 2. The molecule has 1 aromatic heterocycles. The lowest BCUT2D eigenvalue weighted by Gasteiger charge is -2.16. The maximum atomic E-state index is 10.6. The van der Waals surface area contributed by atoms with E-state index in [4.69, 9.17) is 15.5 Å². The van der Waals surface area contributed by atoms with E-state index in [0.717, 1.165) is 37.4 Å². The Morgan fingerprint density at radius 1 is 1.58 bits per heavy atom.